The van der Waals surface area contributed by atoms with Gasteiger partial charge in [0, 0.05) is 12.5 Å². The molecule has 21 heavy (non-hydrogen) atoms. The van der Waals surface area contributed by atoms with Gasteiger partial charge in [-0.15, -0.1) is 0 Å². The third-order valence-corrected chi connectivity index (χ3v) is 4.15. The lowest BCUT2D eigenvalue weighted by Crippen LogP contribution is -2.30. The maximum absolute atomic E-state index is 12.0. The molecule has 1 aromatic rings. The minimum absolute atomic E-state index is 0.0566. The van der Waals surface area contributed by atoms with Crippen molar-refractivity contribution in [1.29, 1.82) is 0 Å². The molecule has 0 aromatic heterocycles. The van der Waals surface area contributed by atoms with E-state index in [4.69, 9.17) is 5.73 Å². The van der Waals surface area contributed by atoms with E-state index in [1.165, 1.54) is 16.7 Å². The Morgan fingerprint density at radius 1 is 1.38 bits per heavy atom. The summed E-state index contributed by atoms with van der Waals surface area (Å²) in [7, 11) is 0. The van der Waals surface area contributed by atoms with Gasteiger partial charge in [0.25, 0.3) is 0 Å². The van der Waals surface area contributed by atoms with Crippen LogP contribution in [-0.2, 0) is 11.2 Å². The van der Waals surface area contributed by atoms with Gasteiger partial charge in [-0.2, -0.15) is 0 Å². The standard InChI is InChI=1S/C18H26N2O/c1-14(6-5-12-19)18(21)20-13-11-16-9-4-8-15-7-2-3-10-17(15)16/h2-3,7,9-10,14H,4-6,8,11-13,19H2,1H3,(H,20,21). The normalized spacial score (nSPS) is 15.0. The van der Waals surface area contributed by atoms with Crippen LogP contribution >= 0.6 is 0 Å². The highest BCUT2D eigenvalue weighted by Gasteiger charge is 2.14. The second-order valence-electron chi connectivity index (χ2n) is 5.80. The van der Waals surface area contributed by atoms with E-state index in [-0.39, 0.29) is 11.8 Å². The van der Waals surface area contributed by atoms with E-state index in [9.17, 15) is 4.79 Å². The van der Waals surface area contributed by atoms with Crippen LogP contribution in [0.5, 0.6) is 0 Å². The number of aryl methyl sites for hydroxylation is 1. The van der Waals surface area contributed by atoms with E-state index in [1.54, 1.807) is 0 Å². The van der Waals surface area contributed by atoms with Crippen LogP contribution in [0.15, 0.2) is 30.3 Å². The number of benzene rings is 1. The molecule has 1 atom stereocenters. The van der Waals surface area contributed by atoms with Gasteiger partial charge in [-0.3, -0.25) is 4.79 Å². The van der Waals surface area contributed by atoms with Gasteiger partial charge in [-0.1, -0.05) is 37.3 Å². The highest BCUT2D eigenvalue weighted by molar-refractivity contribution is 5.78. The summed E-state index contributed by atoms with van der Waals surface area (Å²) in [6, 6.07) is 8.58. The second-order valence-corrected chi connectivity index (χ2v) is 5.80. The molecule has 1 aliphatic carbocycles. The molecule has 1 aromatic carbocycles. The van der Waals surface area contributed by atoms with E-state index in [0.29, 0.717) is 13.1 Å². The first-order valence-corrected chi connectivity index (χ1v) is 7.97. The maximum Gasteiger partial charge on any atom is 0.222 e. The second kappa shape index (κ2) is 7.99. The molecule has 0 radical (unpaired) electrons. The fraction of sp³-hybridized carbons (Fsp3) is 0.500. The first-order valence-electron chi connectivity index (χ1n) is 7.97. The number of fused-ring (bicyclic) bond motifs is 1. The van der Waals surface area contributed by atoms with Gasteiger partial charge < -0.3 is 11.1 Å². The number of nitrogens with one attached hydrogen (secondary N) is 1. The molecular weight excluding hydrogens is 260 g/mol. The molecule has 3 N–H and O–H groups in total. The molecule has 1 aliphatic rings. The van der Waals surface area contributed by atoms with Crippen molar-refractivity contribution in [1.82, 2.24) is 5.32 Å². The number of hydrogen-bond donors (Lipinski definition) is 2. The number of amides is 1. The summed E-state index contributed by atoms with van der Waals surface area (Å²) < 4.78 is 0. The van der Waals surface area contributed by atoms with Gasteiger partial charge in [0.2, 0.25) is 5.91 Å². The van der Waals surface area contributed by atoms with Gasteiger partial charge in [0.15, 0.2) is 0 Å². The predicted molar refractivity (Wildman–Crippen MR) is 87.8 cm³/mol. The van der Waals surface area contributed by atoms with E-state index < -0.39 is 0 Å². The molecule has 0 bridgehead atoms. The third kappa shape index (κ3) is 4.43. The molecule has 1 unspecified atom stereocenters. The zero-order valence-electron chi connectivity index (χ0n) is 12.9. The fourth-order valence-electron chi connectivity index (χ4n) is 2.85. The Bertz CT molecular complexity index is 508. The van der Waals surface area contributed by atoms with E-state index >= 15 is 0 Å². The Balaban J connectivity index is 1.81. The zero-order valence-corrected chi connectivity index (χ0v) is 12.9. The lowest BCUT2D eigenvalue weighted by Gasteiger charge is -2.18. The molecule has 0 heterocycles. The van der Waals surface area contributed by atoms with Crippen LogP contribution in [0.3, 0.4) is 0 Å². The largest absolute Gasteiger partial charge is 0.356 e. The summed E-state index contributed by atoms with van der Waals surface area (Å²) in [5.41, 5.74) is 9.63. The van der Waals surface area contributed by atoms with Crippen LogP contribution in [0, 0.1) is 5.92 Å². The fourth-order valence-corrected chi connectivity index (χ4v) is 2.85. The van der Waals surface area contributed by atoms with E-state index in [2.05, 4.69) is 35.7 Å². The van der Waals surface area contributed by atoms with E-state index in [1.807, 2.05) is 6.92 Å². The van der Waals surface area contributed by atoms with Crippen molar-refractivity contribution in [2.24, 2.45) is 11.7 Å². The van der Waals surface area contributed by atoms with Crippen molar-refractivity contribution < 1.29 is 4.79 Å². The summed E-state index contributed by atoms with van der Waals surface area (Å²) in [4.78, 5) is 12.0. The van der Waals surface area contributed by atoms with Gasteiger partial charge in [0.05, 0.1) is 0 Å². The number of allylic oxidation sites excluding steroid dienone is 1. The van der Waals surface area contributed by atoms with Gasteiger partial charge >= 0.3 is 0 Å². The molecule has 3 nitrogen and oxygen atoms in total. The highest BCUT2D eigenvalue weighted by atomic mass is 16.1. The Morgan fingerprint density at radius 3 is 3.00 bits per heavy atom. The molecule has 0 aliphatic heterocycles. The van der Waals surface area contributed by atoms with Gasteiger partial charge in [0.1, 0.15) is 0 Å². The molecule has 114 valence electrons. The molecule has 0 saturated heterocycles. The smallest absolute Gasteiger partial charge is 0.222 e. The van der Waals surface area contributed by atoms with Crippen LogP contribution in [0.25, 0.3) is 5.57 Å². The minimum atomic E-state index is 0.0566. The Kier molecular flexibility index (Phi) is 6.00. The van der Waals surface area contributed by atoms with Gasteiger partial charge in [-0.05, 0) is 55.3 Å². The molecule has 3 heteroatoms. The van der Waals surface area contributed by atoms with Crippen molar-refractivity contribution in [3.63, 3.8) is 0 Å². The number of nitrogens with two attached hydrogens (primary N) is 1. The Hall–Kier alpha value is -1.61. The summed E-state index contributed by atoms with van der Waals surface area (Å²) in [5, 5.41) is 3.05. The summed E-state index contributed by atoms with van der Waals surface area (Å²) in [5.74, 6) is 0.203. The summed E-state index contributed by atoms with van der Waals surface area (Å²) in [6.07, 6.45) is 7.23. The average Bonchev–Trinajstić information content (AvgIpc) is 2.52. The zero-order chi connectivity index (χ0) is 15.1. The van der Waals surface area contributed by atoms with Crippen LogP contribution in [0.1, 0.15) is 43.7 Å². The van der Waals surface area contributed by atoms with Crippen molar-refractivity contribution in [2.75, 3.05) is 13.1 Å². The molecule has 0 spiro atoms. The summed E-state index contributed by atoms with van der Waals surface area (Å²) in [6.45, 7) is 3.34. The minimum Gasteiger partial charge on any atom is -0.356 e. The monoisotopic (exact) mass is 286 g/mol. The molecule has 0 fully saturated rings. The highest BCUT2D eigenvalue weighted by Crippen LogP contribution is 2.28. The lowest BCUT2D eigenvalue weighted by molar-refractivity contribution is -0.124. The Morgan fingerprint density at radius 2 is 2.19 bits per heavy atom. The third-order valence-electron chi connectivity index (χ3n) is 4.15. The van der Waals surface area contributed by atoms with Crippen molar-refractivity contribution >= 4 is 11.5 Å². The van der Waals surface area contributed by atoms with Crippen LogP contribution in [0.4, 0.5) is 0 Å². The van der Waals surface area contributed by atoms with Crippen LogP contribution < -0.4 is 11.1 Å². The molecule has 1 amide bonds. The number of carbonyl (C=O) groups excluding carboxylic acids is 1. The summed E-state index contributed by atoms with van der Waals surface area (Å²) >= 11 is 0. The van der Waals surface area contributed by atoms with Crippen LogP contribution in [0.2, 0.25) is 0 Å². The number of carbonyl (C=O) groups is 1. The van der Waals surface area contributed by atoms with Crippen molar-refractivity contribution in [3.8, 4) is 0 Å². The quantitative estimate of drug-likeness (QED) is 0.810. The van der Waals surface area contributed by atoms with Gasteiger partial charge in [-0.25, -0.2) is 0 Å². The Labute approximate surface area is 127 Å². The average molecular weight is 286 g/mol. The first-order chi connectivity index (χ1) is 10.2. The molecular formula is C18H26N2O. The maximum atomic E-state index is 12.0. The SMILES string of the molecule is CC(CCCN)C(=O)NCCC1=CCCc2ccccc21. The predicted octanol–water partition coefficient (Wildman–Crippen LogP) is 2.90. The van der Waals surface area contributed by atoms with Crippen LogP contribution in [-0.4, -0.2) is 19.0 Å². The topological polar surface area (TPSA) is 55.1 Å². The van der Waals surface area contributed by atoms with Crippen molar-refractivity contribution in [3.05, 3.63) is 41.5 Å². The number of rotatable bonds is 7. The molecule has 0 saturated carbocycles. The van der Waals surface area contributed by atoms with E-state index in [0.717, 1.165) is 32.1 Å². The molecule has 2 rings (SSSR count). The first kappa shape index (κ1) is 15.8. The van der Waals surface area contributed by atoms with Crippen molar-refractivity contribution in [2.45, 2.75) is 39.0 Å². The lowest BCUT2D eigenvalue weighted by atomic mass is 9.89. The number of hydrogen-bond acceptors (Lipinski definition) is 2.